The van der Waals surface area contributed by atoms with Crippen LogP contribution in [0.5, 0.6) is 0 Å². The number of aryl methyl sites for hydroxylation is 3. The molecule has 0 saturated heterocycles. The van der Waals surface area contributed by atoms with Gasteiger partial charge in [0.15, 0.2) is 0 Å². The van der Waals surface area contributed by atoms with Gasteiger partial charge in [-0.3, -0.25) is 0 Å². The quantitative estimate of drug-likeness (QED) is 0.629. The first-order valence-electron chi connectivity index (χ1n) is 5.37. The van der Waals surface area contributed by atoms with E-state index in [-0.39, 0.29) is 0 Å². The van der Waals surface area contributed by atoms with Crippen LogP contribution in [0, 0.1) is 20.8 Å². The van der Waals surface area contributed by atoms with Gasteiger partial charge in [-0.25, -0.2) is 0 Å². The van der Waals surface area contributed by atoms with Crippen molar-refractivity contribution >= 4 is 12.6 Å². The van der Waals surface area contributed by atoms with E-state index in [0.717, 1.165) is 4.90 Å². The van der Waals surface area contributed by atoms with Gasteiger partial charge in [-0.1, -0.05) is 53.1 Å². The van der Waals surface area contributed by atoms with Crippen molar-refractivity contribution in [1.82, 2.24) is 0 Å². The second-order valence-electron chi connectivity index (χ2n) is 4.00. The van der Waals surface area contributed by atoms with Gasteiger partial charge >= 0.3 is 0 Å². The minimum Gasteiger partial charge on any atom is -0.143 e. The Morgan fingerprint density at radius 3 is 1.31 bits per heavy atom. The minimum atomic E-state index is 1.02. The molecule has 0 bridgehead atoms. The summed E-state index contributed by atoms with van der Waals surface area (Å²) in [4.78, 5) is 1.02. The highest BCUT2D eigenvalue weighted by Crippen LogP contribution is 2.06. The van der Waals surface area contributed by atoms with E-state index in [1.54, 1.807) is 0 Å². The lowest BCUT2D eigenvalue weighted by Crippen LogP contribution is -1.78. The summed E-state index contributed by atoms with van der Waals surface area (Å²) in [6.07, 6.45) is 0. The van der Waals surface area contributed by atoms with E-state index in [9.17, 15) is 0 Å². The third-order valence-electron chi connectivity index (χ3n) is 2.12. The van der Waals surface area contributed by atoms with Gasteiger partial charge in [0.2, 0.25) is 0 Å². The van der Waals surface area contributed by atoms with E-state index in [0.29, 0.717) is 0 Å². The van der Waals surface area contributed by atoms with E-state index >= 15 is 0 Å². The fraction of sp³-hybridized carbons (Fsp3) is 0.200. The van der Waals surface area contributed by atoms with Crippen LogP contribution in [-0.2, 0) is 0 Å². The molecule has 0 amide bonds. The van der Waals surface area contributed by atoms with Gasteiger partial charge in [-0.15, -0.1) is 12.6 Å². The molecule has 2 aromatic carbocycles. The molecule has 0 aliphatic rings. The fourth-order valence-electron chi connectivity index (χ4n) is 1.63. The lowest BCUT2D eigenvalue weighted by Gasteiger charge is -1.96. The highest BCUT2D eigenvalue weighted by atomic mass is 32.1. The number of rotatable bonds is 0. The molecular weight excluding hydrogens is 212 g/mol. The molecule has 2 aromatic rings. The average Bonchev–Trinajstić information content (AvgIpc) is 2.17. The summed E-state index contributed by atoms with van der Waals surface area (Å²) in [7, 11) is 0. The predicted molar refractivity (Wildman–Crippen MR) is 74.3 cm³/mol. The molecule has 16 heavy (non-hydrogen) atoms. The van der Waals surface area contributed by atoms with E-state index in [1.165, 1.54) is 16.7 Å². The topological polar surface area (TPSA) is 0 Å². The first-order valence-corrected chi connectivity index (χ1v) is 5.81. The summed E-state index contributed by atoms with van der Waals surface area (Å²) in [5.41, 5.74) is 4.06. The van der Waals surface area contributed by atoms with Crippen molar-refractivity contribution in [3.63, 3.8) is 0 Å². The molecule has 0 saturated carbocycles. The number of benzene rings is 2. The Labute approximate surface area is 104 Å². The first-order chi connectivity index (χ1) is 7.58. The Kier molecular flexibility index (Phi) is 5.13. The van der Waals surface area contributed by atoms with E-state index in [2.05, 4.69) is 51.6 Å². The van der Waals surface area contributed by atoms with Gasteiger partial charge in [0.05, 0.1) is 0 Å². The van der Waals surface area contributed by atoms with Crippen molar-refractivity contribution in [3.05, 3.63) is 65.2 Å². The van der Waals surface area contributed by atoms with Crippen molar-refractivity contribution in [2.45, 2.75) is 25.7 Å². The van der Waals surface area contributed by atoms with Crippen LogP contribution in [0.1, 0.15) is 16.7 Å². The summed E-state index contributed by atoms with van der Waals surface area (Å²) in [6.45, 7) is 6.38. The lowest BCUT2D eigenvalue weighted by molar-refractivity contribution is 1.32. The van der Waals surface area contributed by atoms with E-state index in [4.69, 9.17) is 0 Å². The number of thiol groups is 1. The van der Waals surface area contributed by atoms with Crippen molar-refractivity contribution in [2.75, 3.05) is 0 Å². The summed E-state index contributed by atoms with van der Waals surface area (Å²) in [5, 5.41) is 0. The van der Waals surface area contributed by atoms with Crippen molar-refractivity contribution in [1.29, 1.82) is 0 Å². The zero-order valence-corrected chi connectivity index (χ0v) is 11.0. The normalized spacial score (nSPS) is 9.25. The zero-order valence-electron chi connectivity index (χ0n) is 10.1. The summed E-state index contributed by atoms with van der Waals surface area (Å²) in [5.74, 6) is 0. The highest BCUT2D eigenvalue weighted by Gasteiger charge is 1.87. The van der Waals surface area contributed by atoms with Gasteiger partial charge in [0, 0.05) is 4.90 Å². The Balaban J connectivity index is 0.000000165. The van der Waals surface area contributed by atoms with Gasteiger partial charge in [-0.2, -0.15) is 0 Å². The summed E-state index contributed by atoms with van der Waals surface area (Å²) >= 11 is 4.08. The molecule has 1 heteroatoms. The molecule has 0 aromatic heterocycles. The third kappa shape index (κ3) is 5.04. The average molecular weight is 230 g/mol. The van der Waals surface area contributed by atoms with Crippen molar-refractivity contribution < 1.29 is 0 Å². The van der Waals surface area contributed by atoms with E-state index < -0.39 is 0 Å². The maximum Gasteiger partial charge on any atom is 0.00399 e. The monoisotopic (exact) mass is 230 g/mol. The van der Waals surface area contributed by atoms with Crippen LogP contribution in [0.4, 0.5) is 0 Å². The van der Waals surface area contributed by atoms with Crippen molar-refractivity contribution in [3.8, 4) is 0 Å². The van der Waals surface area contributed by atoms with Crippen molar-refractivity contribution in [2.24, 2.45) is 0 Å². The fourth-order valence-corrected chi connectivity index (χ4v) is 1.80. The van der Waals surface area contributed by atoms with Gasteiger partial charge in [-0.05, 0) is 32.9 Å². The Hall–Kier alpha value is -1.21. The predicted octanol–water partition coefficient (Wildman–Crippen LogP) is 4.59. The molecule has 0 unspecified atom stereocenters. The molecule has 0 heterocycles. The number of hydrogen-bond acceptors (Lipinski definition) is 1. The van der Waals surface area contributed by atoms with Crippen LogP contribution in [-0.4, -0.2) is 0 Å². The summed E-state index contributed by atoms with van der Waals surface area (Å²) in [6, 6.07) is 16.4. The Bertz CT molecular complexity index is 382. The van der Waals surface area contributed by atoms with Crippen LogP contribution in [0.2, 0.25) is 0 Å². The van der Waals surface area contributed by atoms with Gasteiger partial charge < -0.3 is 0 Å². The maximum absolute atomic E-state index is 4.08. The molecule has 84 valence electrons. The van der Waals surface area contributed by atoms with Crippen LogP contribution in [0.15, 0.2) is 53.4 Å². The molecule has 0 fully saturated rings. The van der Waals surface area contributed by atoms with Gasteiger partial charge in [0.1, 0.15) is 0 Å². The largest absolute Gasteiger partial charge is 0.143 e. The maximum atomic E-state index is 4.08. The zero-order chi connectivity index (χ0) is 12.0. The third-order valence-corrected chi connectivity index (χ3v) is 2.42. The molecule has 0 spiro atoms. The second-order valence-corrected chi connectivity index (χ2v) is 4.52. The molecule has 2 rings (SSSR count). The molecule has 0 radical (unpaired) electrons. The van der Waals surface area contributed by atoms with Crippen LogP contribution in [0.3, 0.4) is 0 Å². The van der Waals surface area contributed by atoms with Crippen LogP contribution >= 0.6 is 12.6 Å². The minimum absolute atomic E-state index is 1.02. The number of hydrogen-bond donors (Lipinski definition) is 1. The first kappa shape index (κ1) is 12.9. The van der Waals surface area contributed by atoms with Crippen LogP contribution < -0.4 is 0 Å². The smallest absolute Gasteiger partial charge is 0.00399 e. The summed E-state index contributed by atoms with van der Waals surface area (Å²) < 4.78 is 0. The molecule has 0 aliphatic heterocycles. The Morgan fingerprint density at radius 2 is 1.06 bits per heavy atom. The van der Waals surface area contributed by atoms with E-state index in [1.807, 2.05) is 30.3 Å². The molecule has 0 aliphatic carbocycles. The molecule has 0 atom stereocenters. The Morgan fingerprint density at radius 1 is 0.688 bits per heavy atom. The van der Waals surface area contributed by atoms with Crippen LogP contribution in [0.25, 0.3) is 0 Å². The highest BCUT2D eigenvalue weighted by molar-refractivity contribution is 7.80. The molecule has 0 nitrogen and oxygen atoms in total. The second kappa shape index (κ2) is 6.39. The van der Waals surface area contributed by atoms with Gasteiger partial charge in [0.25, 0.3) is 0 Å². The SMILES string of the molecule is Cc1cc(C)cc(C)c1.Sc1ccccc1. The standard InChI is InChI=1S/C9H12.C6H6S/c1-7-4-8(2)6-9(3)5-7;7-6-4-2-1-3-5-6/h4-6H,1-3H3;1-5,7H. The molecule has 0 N–H and O–H groups in total. The lowest BCUT2D eigenvalue weighted by atomic mass is 10.1. The molecular formula is C15H18S.